The Balaban J connectivity index is 2.06. The molecule has 0 aromatic carbocycles. The highest BCUT2D eigenvalue weighted by Crippen LogP contribution is 2.33. The molecule has 2 rings (SSSR count). The molecule has 2 heterocycles. The Kier molecular flexibility index (Phi) is 3.56. The van der Waals surface area contributed by atoms with E-state index in [2.05, 4.69) is 29.4 Å². The van der Waals surface area contributed by atoms with Crippen molar-refractivity contribution in [3.8, 4) is 0 Å². The van der Waals surface area contributed by atoms with Gasteiger partial charge in [0.05, 0.1) is 6.04 Å². The second kappa shape index (κ2) is 4.93. The van der Waals surface area contributed by atoms with Crippen molar-refractivity contribution in [2.24, 2.45) is 5.92 Å². The third-order valence-corrected chi connectivity index (χ3v) is 2.97. The van der Waals surface area contributed by atoms with Gasteiger partial charge >= 0.3 is 0 Å². The fourth-order valence-electron chi connectivity index (χ4n) is 1.94. The maximum Gasteiger partial charge on any atom is 0.245 e. The Morgan fingerprint density at radius 1 is 1.50 bits per heavy atom. The molecule has 0 aliphatic carbocycles. The summed E-state index contributed by atoms with van der Waals surface area (Å²) in [5, 5.41) is 11.4. The third-order valence-electron chi connectivity index (χ3n) is 2.97. The van der Waals surface area contributed by atoms with E-state index in [9.17, 15) is 0 Å². The largest absolute Gasteiger partial charge is 0.421 e. The monoisotopic (exact) mass is 225 g/mol. The lowest BCUT2D eigenvalue weighted by atomic mass is 10.0. The Bertz CT molecular complexity index is 340. The zero-order chi connectivity index (χ0) is 11.5. The van der Waals surface area contributed by atoms with Gasteiger partial charge in [0.1, 0.15) is 6.10 Å². The highest BCUT2D eigenvalue weighted by atomic mass is 16.5. The van der Waals surface area contributed by atoms with Crippen molar-refractivity contribution < 1.29 is 9.15 Å². The summed E-state index contributed by atoms with van der Waals surface area (Å²) in [7, 11) is 0. The van der Waals surface area contributed by atoms with Gasteiger partial charge in [-0.3, -0.25) is 0 Å². The molecule has 0 radical (unpaired) electrons. The fourth-order valence-corrected chi connectivity index (χ4v) is 1.94. The van der Waals surface area contributed by atoms with E-state index >= 15 is 0 Å². The van der Waals surface area contributed by atoms with Crippen LogP contribution >= 0.6 is 0 Å². The first-order valence-corrected chi connectivity index (χ1v) is 5.90. The number of aromatic nitrogens is 2. The SMILES string of the molecule is CCNC(C)c1nnc(C2OCCC2C)o1. The van der Waals surface area contributed by atoms with Crippen LogP contribution in [0.3, 0.4) is 0 Å². The molecule has 3 atom stereocenters. The number of nitrogens with zero attached hydrogens (tertiary/aromatic N) is 2. The molecule has 1 saturated heterocycles. The van der Waals surface area contributed by atoms with Gasteiger partial charge in [-0.15, -0.1) is 10.2 Å². The van der Waals surface area contributed by atoms with Gasteiger partial charge in [0, 0.05) is 6.61 Å². The lowest BCUT2D eigenvalue weighted by Crippen LogP contribution is -2.17. The van der Waals surface area contributed by atoms with Crippen LogP contribution in [0.15, 0.2) is 4.42 Å². The molecule has 1 aliphatic rings. The van der Waals surface area contributed by atoms with Crippen molar-refractivity contribution in [2.75, 3.05) is 13.2 Å². The minimum Gasteiger partial charge on any atom is -0.421 e. The molecule has 0 amide bonds. The van der Waals surface area contributed by atoms with Gasteiger partial charge < -0.3 is 14.5 Å². The summed E-state index contributed by atoms with van der Waals surface area (Å²) in [5.74, 6) is 1.71. The molecule has 0 spiro atoms. The molecule has 1 fully saturated rings. The van der Waals surface area contributed by atoms with E-state index < -0.39 is 0 Å². The average molecular weight is 225 g/mol. The van der Waals surface area contributed by atoms with Crippen molar-refractivity contribution in [1.82, 2.24) is 15.5 Å². The molecular weight excluding hydrogens is 206 g/mol. The standard InChI is InChI=1S/C11H19N3O2/c1-4-12-8(3)10-13-14-11(16-10)9-7(2)5-6-15-9/h7-9,12H,4-6H2,1-3H3. The Labute approximate surface area is 95.6 Å². The van der Waals surface area contributed by atoms with Crippen LogP contribution in [0.1, 0.15) is 51.1 Å². The van der Waals surface area contributed by atoms with Crippen LogP contribution in [0, 0.1) is 5.92 Å². The van der Waals surface area contributed by atoms with Crippen LogP contribution in [0.4, 0.5) is 0 Å². The summed E-state index contributed by atoms with van der Waals surface area (Å²) in [6.45, 7) is 7.88. The molecule has 1 N–H and O–H groups in total. The molecule has 0 bridgehead atoms. The van der Waals surface area contributed by atoms with Crippen LogP contribution in [-0.2, 0) is 4.74 Å². The Hall–Kier alpha value is -0.940. The smallest absolute Gasteiger partial charge is 0.245 e. The second-order valence-electron chi connectivity index (χ2n) is 4.32. The zero-order valence-electron chi connectivity index (χ0n) is 10.1. The predicted octanol–water partition coefficient (Wildman–Crippen LogP) is 1.84. The van der Waals surface area contributed by atoms with E-state index in [-0.39, 0.29) is 12.1 Å². The van der Waals surface area contributed by atoms with Crippen LogP contribution in [-0.4, -0.2) is 23.3 Å². The molecule has 3 unspecified atom stereocenters. The number of hydrogen-bond acceptors (Lipinski definition) is 5. The Morgan fingerprint density at radius 2 is 2.31 bits per heavy atom. The maximum absolute atomic E-state index is 5.64. The van der Waals surface area contributed by atoms with Crippen LogP contribution in [0.2, 0.25) is 0 Å². The summed E-state index contributed by atoms with van der Waals surface area (Å²) < 4.78 is 11.2. The summed E-state index contributed by atoms with van der Waals surface area (Å²) in [4.78, 5) is 0. The van der Waals surface area contributed by atoms with Gasteiger partial charge in [0.25, 0.3) is 0 Å². The van der Waals surface area contributed by atoms with E-state index in [1.807, 2.05) is 6.92 Å². The van der Waals surface area contributed by atoms with Gasteiger partial charge in [-0.25, -0.2) is 0 Å². The van der Waals surface area contributed by atoms with Gasteiger partial charge in [-0.1, -0.05) is 13.8 Å². The topological polar surface area (TPSA) is 60.2 Å². The van der Waals surface area contributed by atoms with Crippen molar-refractivity contribution in [2.45, 2.75) is 39.3 Å². The fraction of sp³-hybridized carbons (Fsp3) is 0.818. The number of nitrogens with one attached hydrogen (secondary N) is 1. The first-order chi connectivity index (χ1) is 7.72. The third kappa shape index (κ3) is 2.25. The van der Waals surface area contributed by atoms with Crippen molar-refractivity contribution in [1.29, 1.82) is 0 Å². The lowest BCUT2D eigenvalue weighted by Gasteiger charge is -2.09. The average Bonchev–Trinajstić information content (AvgIpc) is 2.86. The van der Waals surface area contributed by atoms with Crippen molar-refractivity contribution in [3.05, 3.63) is 11.8 Å². The first-order valence-electron chi connectivity index (χ1n) is 5.90. The maximum atomic E-state index is 5.64. The van der Waals surface area contributed by atoms with E-state index in [1.54, 1.807) is 0 Å². The highest BCUT2D eigenvalue weighted by Gasteiger charge is 2.31. The summed E-state index contributed by atoms with van der Waals surface area (Å²) in [6, 6.07) is 0.1000. The molecular formula is C11H19N3O2. The molecule has 1 aromatic heterocycles. The highest BCUT2D eigenvalue weighted by molar-refractivity contribution is 4.94. The minimum absolute atomic E-state index is 0.0184. The van der Waals surface area contributed by atoms with E-state index in [1.165, 1.54) is 0 Å². The minimum atomic E-state index is -0.0184. The van der Waals surface area contributed by atoms with Crippen LogP contribution in [0.5, 0.6) is 0 Å². The van der Waals surface area contributed by atoms with Gasteiger partial charge in [0.15, 0.2) is 0 Å². The molecule has 90 valence electrons. The quantitative estimate of drug-likeness (QED) is 0.847. The molecule has 1 aliphatic heterocycles. The summed E-state index contributed by atoms with van der Waals surface area (Å²) in [6.07, 6.45) is 1.04. The van der Waals surface area contributed by atoms with Crippen molar-refractivity contribution >= 4 is 0 Å². The number of hydrogen-bond donors (Lipinski definition) is 1. The second-order valence-corrected chi connectivity index (χ2v) is 4.32. The zero-order valence-corrected chi connectivity index (χ0v) is 10.1. The van der Waals surface area contributed by atoms with E-state index in [4.69, 9.17) is 9.15 Å². The lowest BCUT2D eigenvalue weighted by molar-refractivity contribution is 0.0699. The molecule has 16 heavy (non-hydrogen) atoms. The van der Waals surface area contributed by atoms with Gasteiger partial charge in [-0.2, -0.15) is 0 Å². The molecule has 1 aromatic rings. The van der Waals surface area contributed by atoms with Gasteiger partial charge in [-0.05, 0) is 25.8 Å². The number of rotatable bonds is 4. The van der Waals surface area contributed by atoms with Crippen LogP contribution < -0.4 is 5.32 Å². The van der Waals surface area contributed by atoms with Crippen LogP contribution in [0.25, 0.3) is 0 Å². The summed E-state index contributed by atoms with van der Waals surface area (Å²) in [5.41, 5.74) is 0. The molecule has 0 saturated carbocycles. The number of ether oxygens (including phenoxy) is 1. The predicted molar refractivity (Wildman–Crippen MR) is 58.9 cm³/mol. The normalized spacial score (nSPS) is 27.2. The van der Waals surface area contributed by atoms with E-state index in [0.717, 1.165) is 19.6 Å². The molecule has 5 nitrogen and oxygen atoms in total. The Morgan fingerprint density at radius 3 is 2.94 bits per heavy atom. The summed E-state index contributed by atoms with van der Waals surface area (Å²) >= 11 is 0. The van der Waals surface area contributed by atoms with E-state index in [0.29, 0.717) is 17.7 Å². The van der Waals surface area contributed by atoms with Crippen molar-refractivity contribution in [3.63, 3.8) is 0 Å². The van der Waals surface area contributed by atoms with Gasteiger partial charge in [0.2, 0.25) is 11.8 Å². The molecule has 5 heteroatoms. The first kappa shape index (κ1) is 11.5.